The molecule has 2 aromatic heterocycles. The third-order valence-electron chi connectivity index (χ3n) is 2.15. The number of anilines is 3. The zero-order valence-corrected chi connectivity index (χ0v) is 9.78. The summed E-state index contributed by atoms with van der Waals surface area (Å²) in [7, 11) is 1.86. The van der Waals surface area contributed by atoms with Crippen molar-refractivity contribution in [3.8, 4) is 0 Å². The molecule has 0 aliphatic carbocycles. The van der Waals surface area contributed by atoms with E-state index >= 15 is 0 Å². The highest BCUT2D eigenvalue weighted by Crippen LogP contribution is 2.24. The minimum atomic E-state index is 0.510. The van der Waals surface area contributed by atoms with Crippen molar-refractivity contribution >= 4 is 28.8 Å². The molecule has 0 atom stereocenters. The van der Waals surface area contributed by atoms with Gasteiger partial charge in [0.2, 0.25) is 0 Å². The molecule has 6 heteroatoms. The van der Waals surface area contributed by atoms with Gasteiger partial charge in [-0.15, -0.1) is 0 Å². The summed E-state index contributed by atoms with van der Waals surface area (Å²) in [6, 6.07) is 1.66. The molecule has 2 rings (SSSR count). The maximum atomic E-state index is 5.79. The van der Waals surface area contributed by atoms with E-state index < -0.39 is 0 Å². The third-order valence-corrected chi connectivity index (χ3v) is 2.36. The lowest BCUT2D eigenvalue weighted by molar-refractivity contribution is 0.756. The molecule has 0 aromatic carbocycles. The maximum Gasteiger partial charge on any atom is 0.153 e. The number of pyridine rings is 1. The van der Waals surface area contributed by atoms with Crippen LogP contribution in [-0.4, -0.2) is 14.8 Å². The molecule has 2 aromatic rings. The molecule has 0 unspecified atom stereocenters. The predicted molar refractivity (Wildman–Crippen MR) is 64.9 cm³/mol. The highest BCUT2D eigenvalue weighted by atomic mass is 35.5. The monoisotopic (exact) mass is 237 g/mol. The Kier molecular flexibility index (Phi) is 2.70. The van der Waals surface area contributed by atoms with Crippen LogP contribution in [0.15, 0.2) is 18.5 Å². The van der Waals surface area contributed by atoms with Crippen LogP contribution in [0.4, 0.5) is 17.2 Å². The Morgan fingerprint density at radius 2 is 2.25 bits per heavy atom. The van der Waals surface area contributed by atoms with E-state index in [2.05, 4.69) is 15.4 Å². The molecule has 16 heavy (non-hydrogen) atoms. The number of nitrogens with zero attached hydrogens (tertiary/aromatic N) is 3. The number of halogens is 1. The zero-order valence-electron chi connectivity index (χ0n) is 9.03. The Balaban J connectivity index is 2.30. The first kappa shape index (κ1) is 10.8. The first-order chi connectivity index (χ1) is 7.56. The molecule has 0 amide bonds. The molecule has 0 saturated carbocycles. The topological polar surface area (TPSA) is 68.8 Å². The number of rotatable bonds is 2. The first-order valence-electron chi connectivity index (χ1n) is 4.74. The van der Waals surface area contributed by atoms with Gasteiger partial charge in [0.1, 0.15) is 0 Å². The van der Waals surface area contributed by atoms with Crippen molar-refractivity contribution in [3.63, 3.8) is 0 Å². The van der Waals surface area contributed by atoms with Crippen LogP contribution in [0.25, 0.3) is 0 Å². The van der Waals surface area contributed by atoms with Crippen LogP contribution in [0.3, 0.4) is 0 Å². The second kappa shape index (κ2) is 4.02. The minimum Gasteiger partial charge on any atom is -0.396 e. The molecule has 0 aliphatic rings. The van der Waals surface area contributed by atoms with Gasteiger partial charge in [-0.1, -0.05) is 11.6 Å². The fraction of sp³-hybridized carbons (Fsp3) is 0.200. The van der Waals surface area contributed by atoms with Crippen molar-refractivity contribution in [2.75, 3.05) is 11.1 Å². The summed E-state index contributed by atoms with van der Waals surface area (Å²) in [4.78, 5) is 4.12. The predicted octanol–water partition coefficient (Wildman–Crippen LogP) is 2.10. The number of aryl methyl sites for hydroxylation is 2. The van der Waals surface area contributed by atoms with Gasteiger partial charge in [0.05, 0.1) is 22.1 Å². The number of hydrogen-bond donors (Lipinski definition) is 2. The molecular weight excluding hydrogens is 226 g/mol. The van der Waals surface area contributed by atoms with Gasteiger partial charge < -0.3 is 11.1 Å². The van der Waals surface area contributed by atoms with Gasteiger partial charge in [-0.3, -0.25) is 4.68 Å². The van der Waals surface area contributed by atoms with E-state index in [-0.39, 0.29) is 0 Å². The quantitative estimate of drug-likeness (QED) is 0.839. The number of hydrogen-bond acceptors (Lipinski definition) is 4. The van der Waals surface area contributed by atoms with Crippen molar-refractivity contribution in [1.82, 2.24) is 14.8 Å². The molecule has 5 nitrogen and oxygen atoms in total. The van der Waals surface area contributed by atoms with Crippen molar-refractivity contribution in [2.45, 2.75) is 6.92 Å². The fourth-order valence-electron chi connectivity index (χ4n) is 1.41. The lowest BCUT2D eigenvalue weighted by Crippen LogP contribution is -1.99. The van der Waals surface area contributed by atoms with Gasteiger partial charge >= 0.3 is 0 Å². The third kappa shape index (κ3) is 2.09. The summed E-state index contributed by atoms with van der Waals surface area (Å²) in [5.74, 6) is 0.584. The minimum absolute atomic E-state index is 0.510. The van der Waals surface area contributed by atoms with Crippen molar-refractivity contribution < 1.29 is 0 Å². The van der Waals surface area contributed by atoms with Crippen LogP contribution < -0.4 is 11.1 Å². The Morgan fingerprint density at radius 3 is 2.81 bits per heavy atom. The molecule has 0 saturated heterocycles. The van der Waals surface area contributed by atoms with E-state index in [1.165, 1.54) is 0 Å². The summed E-state index contributed by atoms with van der Waals surface area (Å²) in [5, 5.41) is 7.84. The van der Waals surface area contributed by atoms with E-state index in [4.69, 9.17) is 17.3 Å². The number of nitrogen functional groups attached to an aromatic ring is 1. The molecule has 84 valence electrons. The van der Waals surface area contributed by atoms with Gasteiger partial charge in [0, 0.05) is 19.4 Å². The number of aromatic nitrogens is 3. The van der Waals surface area contributed by atoms with Crippen LogP contribution >= 0.6 is 11.6 Å². The summed E-state index contributed by atoms with van der Waals surface area (Å²) >= 11 is 5.77. The molecule has 0 fully saturated rings. The summed E-state index contributed by atoms with van der Waals surface area (Å²) in [5.41, 5.74) is 8.07. The SMILES string of the molecule is Cc1nn(C)cc1Nc1ncc(Cl)cc1N. The average Bonchev–Trinajstić information content (AvgIpc) is 2.50. The molecular formula is C10H12ClN5. The summed E-state index contributed by atoms with van der Waals surface area (Å²) < 4.78 is 1.73. The van der Waals surface area contributed by atoms with E-state index in [9.17, 15) is 0 Å². The molecule has 2 heterocycles. The lowest BCUT2D eigenvalue weighted by Gasteiger charge is -2.06. The number of nitrogens with one attached hydrogen (secondary N) is 1. The molecule has 0 aliphatic heterocycles. The highest BCUT2D eigenvalue weighted by molar-refractivity contribution is 6.30. The molecule has 0 spiro atoms. The Labute approximate surface area is 98.2 Å². The van der Waals surface area contributed by atoms with E-state index in [0.717, 1.165) is 11.4 Å². The van der Waals surface area contributed by atoms with Crippen molar-refractivity contribution in [2.24, 2.45) is 7.05 Å². The van der Waals surface area contributed by atoms with Gasteiger partial charge in [-0.05, 0) is 13.0 Å². The largest absolute Gasteiger partial charge is 0.396 e. The second-order valence-electron chi connectivity index (χ2n) is 3.52. The van der Waals surface area contributed by atoms with Crippen LogP contribution in [0, 0.1) is 6.92 Å². The summed E-state index contributed by atoms with van der Waals surface area (Å²) in [6.45, 7) is 1.91. The van der Waals surface area contributed by atoms with Crippen LogP contribution in [-0.2, 0) is 7.05 Å². The van der Waals surface area contributed by atoms with Crippen LogP contribution in [0.5, 0.6) is 0 Å². The van der Waals surface area contributed by atoms with Gasteiger partial charge in [0.25, 0.3) is 0 Å². The lowest BCUT2D eigenvalue weighted by atomic mass is 10.3. The Hall–Kier alpha value is -1.75. The van der Waals surface area contributed by atoms with E-state index in [1.54, 1.807) is 16.9 Å². The molecule has 3 N–H and O–H groups in total. The van der Waals surface area contributed by atoms with Gasteiger partial charge in [0.15, 0.2) is 5.82 Å². The number of nitrogens with two attached hydrogens (primary N) is 1. The first-order valence-corrected chi connectivity index (χ1v) is 5.12. The van der Waals surface area contributed by atoms with Crippen molar-refractivity contribution in [3.05, 3.63) is 29.2 Å². The standard InChI is InChI=1S/C10H12ClN5/c1-6-9(5-16(2)15-6)14-10-8(12)3-7(11)4-13-10/h3-5H,12H2,1-2H3,(H,13,14). The second-order valence-corrected chi connectivity index (χ2v) is 3.95. The van der Waals surface area contributed by atoms with E-state index in [0.29, 0.717) is 16.5 Å². The average molecular weight is 238 g/mol. The van der Waals surface area contributed by atoms with E-state index in [1.807, 2.05) is 20.2 Å². The molecule has 0 bridgehead atoms. The fourth-order valence-corrected chi connectivity index (χ4v) is 1.58. The molecule has 0 radical (unpaired) electrons. The smallest absolute Gasteiger partial charge is 0.153 e. The Bertz CT molecular complexity index is 520. The maximum absolute atomic E-state index is 5.79. The summed E-state index contributed by atoms with van der Waals surface area (Å²) in [6.07, 6.45) is 3.41. The normalized spacial score (nSPS) is 10.4. The van der Waals surface area contributed by atoms with Crippen LogP contribution in [0.1, 0.15) is 5.69 Å². The van der Waals surface area contributed by atoms with Crippen molar-refractivity contribution in [1.29, 1.82) is 0 Å². The van der Waals surface area contributed by atoms with Gasteiger partial charge in [-0.25, -0.2) is 4.98 Å². The highest BCUT2D eigenvalue weighted by Gasteiger charge is 2.06. The zero-order chi connectivity index (χ0) is 11.7. The Morgan fingerprint density at radius 1 is 1.50 bits per heavy atom. The van der Waals surface area contributed by atoms with Gasteiger partial charge in [-0.2, -0.15) is 5.10 Å². The van der Waals surface area contributed by atoms with Crippen LogP contribution in [0.2, 0.25) is 5.02 Å².